The molecular formula is C15H12FNO. The maximum atomic E-state index is 13.7. The van der Waals surface area contributed by atoms with Crippen LogP contribution in [-0.2, 0) is 6.61 Å². The second-order valence-electron chi connectivity index (χ2n) is 3.99. The van der Waals surface area contributed by atoms with Gasteiger partial charge in [-0.1, -0.05) is 30.3 Å². The molecule has 90 valence electrons. The smallest absolute Gasteiger partial charge is 0.166 e. The number of nitrogens with zero attached hydrogens (tertiary/aromatic N) is 1. The Labute approximate surface area is 105 Å². The zero-order valence-corrected chi connectivity index (χ0v) is 9.98. The van der Waals surface area contributed by atoms with Gasteiger partial charge in [-0.2, -0.15) is 5.26 Å². The average Bonchev–Trinajstić information content (AvgIpc) is 2.38. The van der Waals surface area contributed by atoms with E-state index in [0.717, 1.165) is 5.56 Å². The molecule has 18 heavy (non-hydrogen) atoms. The van der Waals surface area contributed by atoms with Crippen LogP contribution in [0.25, 0.3) is 0 Å². The van der Waals surface area contributed by atoms with Crippen LogP contribution in [0.15, 0.2) is 42.5 Å². The van der Waals surface area contributed by atoms with Crippen LogP contribution in [0.2, 0.25) is 0 Å². The highest BCUT2D eigenvalue weighted by Crippen LogP contribution is 2.24. The minimum Gasteiger partial charge on any atom is -0.486 e. The van der Waals surface area contributed by atoms with Gasteiger partial charge < -0.3 is 4.74 Å². The molecule has 0 bridgehead atoms. The van der Waals surface area contributed by atoms with Crippen molar-refractivity contribution in [2.24, 2.45) is 0 Å². The van der Waals surface area contributed by atoms with E-state index in [1.54, 1.807) is 13.0 Å². The lowest BCUT2D eigenvalue weighted by Gasteiger charge is -2.10. The largest absolute Gasteiger partial charge is 0.486 e. The summed E-state index contributed by atoms with van der Waals surface area (Å²) in [5, 5.41) is 8.73. The van der Waals surface area contributed by atoms with Crippen LogP contribution in [0.4, 0.5) is 4.39 Å². The normalized spacial score (nSPS) is 9.83. The second-order valence-corrected chi connectivity index (χ2v) is 3.99. The second kappa shape index (κ2) is 5.33. The van der Waals surface area contributed by atoms with E-state index >= 15 is 0 Å². The van der Waals surface area contributed by atoms with Crippen molar-refractivity contribution in [3.05, 3.63) is 65.0 Å². The molecular weight excluding hydrogens is 229 g/mol. The van der Waals surface area contributed by atoms with Gasteiger partial charge in [0.05, 0.1) is 11.6 Å². The first-order chi connectivity index (χ1) is 8.70. The first kappa shape index (κ1) is 12.1. The molecule has 0 amide bonds. The molecule has 0 saturated carbocycles. The number of benzene rings is 2. The molecule has 2 nitrogen and oxygen atoms in total. The molecule has 0 aliphatic rings. The Morgan fingerprint density at radius 3 is 2.56 bits per heavy atom. The van der Waals surface area contributed by atoms with E-state index in [2.05, 4.69) is 0 Å². The van der Waals surface area contributed by atoms with Crippen molar-refractivity contribution in [2.75, 3.05) is 0 Å². The Kier molecular flexibility index (Phi) is 3.59. The zero-order chi connectivity index (χ0) is 13.0. The van der Waals surface area contributed by atoms with Crippen molar-refractivity contribution in [1.29, 1.82) is 5.26 Å². The molecule has 2 rings (SSSR count). The third-order valence-corrected chi connectivity index (χ3v) is 2.58. The Balaban J connectivity index is 2.18. The van der Waals surface area contributed by atoms with Crippen molar-refractivity contribution in [3.63, 3.8) is 0 Å². The number of rotatable bonds is 3. The van der Waals surface area contributed by atoms with Crippen LogP contribution >= 0.6 is 0 Å². The minimum atomic E-state index is -0.498. The van der Waals surface area contributed by atoms with Gasteiger partial charge in [0, 0.05) is 0 Å². The Morgan fingerprint density at radius 2 is 1.94 bits per heavy atom. The standard InChI is InChI=1S/C15H12FNO/c1-11-7-13(9-17)8-14(16)15(11)18-10-12-5-3-2-4-6-12/h2-8H,10H2,1H3. The monoisotopic (exact) mass is 241 g/mol. The number of hydrogen-bond donors (Lipinski definition) is 0. The van der Waals surface area contributed by atoms with E-state index in [1.165, 1.54) is 6.07 Å². The number of aryl methyl sites for hydroxylation is 1. The number of hydrogen-bond acceptors (Lipinski definition) is 2. The van der Waals surface area contributed by atoms with Gasteiger partial charge in [-0.25, -0.2) is 4.39 Å². The summed E-state index contributed by atoms with van der Waals surface area (Å²) in [5.41, 5.74) is 1.90. The molecule has 0 spiro atoms. The van der Waals surface area contributed by atoms with Crippen molar-refractivity contribution >= 4 is 0 Å². The summed E-state index contributed by atoms with van der Waals surface area (Å²) in [7, 11) is 0. The summed E-state index contributed by atoms with van der Waals surface area (Å²) in [6, 6.07) is 14.3. The molecule has 2 aromatic rings. The fourth-order valence-electron chi connectivity index (χ4n) is 1.71. The SMILES string of the molecule is Cc1cc(C#N)cc(F)c1OCc1ccccc1. The molecule has 0 radical (unpaired) electrons. The molecule has 2 aromatic carbocycles. The van der Waals surface area contributed by atoms with E-state index in [1.807, 2.05) is 36.4 Å². The molecule has 0 heterocycles. The van der Waals surface area contributed by atoms with E-state index in [4.69, 9.17) is 10.00 Å². The molecule has 0 unspecified atom stereocenters. The summed E-state index contributed by atoms with van der Waals surface area (Å²) < 4.78 is 19.2. The van der Waals surface area contributed by atoms with Gasteiger partial charge >= 0.3 is 0 Å². The Bertz CT molecular complexity index is 564. The summed E-state index contributed by atoms with van der Waals surface area (Å²) >= 11 is 0. The quantitative estimate of drug-likeness (QED) is 0.822. The molecule has 0 saturated heterocycles. The van der Waals surface area contributed by atoms with E-state index < -0.39 is 5.82 Å². The Morgan fingerprint density at radius 1 is 1.22 bits per heavy atom. The number of ether oxygens (including phenoxy) is 1. The molecule has 0 aliphatic carbocycles. The molecule has 0 fully saturated rings. The first-order valence-corrected chi connectivity index (χ1v) is 5.57. The lowest BCUT2D eigenvalue weighted by molar-refractivity contribution is 0.288. The Hall–Kier alpha value is -2.34. The highest BCUT2D eigenvalue weighted by Gasteiger charge is 2.09. The van der Waals surface area contributed by atoms with E-state index in [9.17, 15) is 4.39 Å². The van der Waals surface area contributed by atoms with Gasteiger partial charge in [0.25, 0.3) is 0 Å². The first-order valence-electron chi connectivity index (χ1n) is 5.57. The van der Waals surface area contributed by atoms with E-state index in [0.29, 0.717) is 17.7 Å². The van der Waals surface area contributed by atoms with E-state index in [-0.39, 0.29) is 5.75 Å². The van der Waals surface area contributed by atoms with Gasteiger partial charge in [0.1, 0.15) is 6.61 Å². The van der Waals surface area contributed by atoms with Gasteiger partial charge in [-0.15, -0.1) is 0 Å². The fourth-order valence-corrected chi connectivity index (χ4v) is 1.71. The lowest BCUT2D eigenvalue weighted by Crippen LogP contribution is -1.99. The van der Waals surface area contributed by atoms with Crippen molar-refractivity contribution < 1.29 is 9.13 Å². The average molecular weight is 241 g/mol. The van der Waals surface area contributed by atoms with Crippen molar-refractivity contribution in [3.8, 4) is 11.8 Å². The van der Waals surface area contributed by atoms with Crippen LogP contribution < -0.4 is 4.74 Å². The lowest BCUT2D eigenvalue weighted by atomic mass is 10.1. The van der Waals surface area contributed by atoms with Crippen LogP contribution in [0.5, 0.6) is 5.75 Å². The van der Waals surface area contributed by atoms with Crippen LogP contribution in [0.1, 0.15) is 16.7 Å². The van der Waals surface area contributed by atoms with Crippen molar-refractivity contribution in [2.45, 2.75) is 13.5 Å². The third kappa shape index (κ3) is 2.67. The molecule has 3 heteroatoms. The summed E-state index contributed by atoms with van der Waals surface area (Å²) in [4.78, 5) is 0. The van der Waals surface area contributed by atoms with Gasteiger partial charge in [-0.3, -0.25) is 0 Å². The maximum Gasteiger partial charge on any atom is 0.166 e. The predicted molar refractivity (Wildman–Crippen MR) is 66.6 cm³/mol. The summed E-state index contributed by atoms with van der Waals surface area (Å²) in [6.07, 6.45) is 0. The molecule has 0 N–H and O–H groups in total. The van der Waals surface area contributed by atoms with Gasteiger partial charge in [0.2, 0.25) is 0 Å². The predicted octanol–water partition coefficient (Wildman–Crippen LogP) is 3.58. The molecule has 0 aliphatic heterocycles. The van der Waals surface area contributed by atoms with Crippen molar-refractivity contribution in [1.82, 2.24) is 0 Å². The third-order valence-electron chi connectivity index (χ3n) is 2.58. The number of nitriles is 1. The van der Waals surface area contributed by atoms with Crippen LogP contribution in [0.3, 0.4) is 0 Å². The fraction of sp³-hybridized carbons (Fsp3) is 0.133. The zero-order valence-electron chi connectivity index (χ0n) is 9.98. The summed E-state index contributed by atoms with van der Waals surface area (Å²) in [6.45, 7) is 2.04. The minimum absolute atomic E-state index is 0.206. The maximum absolute atomic E-state index is 13.7. The topological polar surface area (TPSA) is 33.0 Å². The number of halogens is 1. The molecule has 0 aromatic heterocycles. The summed E-state index contributed by atoms with van der Waals surface area (Å²) in [5.74, 6) is -0.291. The highest BCUT2D eigenvalue weighted by atomic mass is 19.1. The van der Waals surface area contributed by atoms with Crippen LogP contribution in [-0.4, -0.2) is 0 Å². The van der Waals surface area contributed by atoms with Gasteiger partial charge in [0.15, 0.2) is 11.6 Å². The van der Waals surface area contributed by atoms with Crippen LogP contribution in [0, 0.1) is 24.1 Å². The highest BCUT2D eigenvalue weighted by molar-refractivity contribution is 5.42. The van der Waals surface area contributed by atoms with Gasteiger partial charge in [-0.05, 0) is 30.2 Å². The molecule has 0 atom stereocenters.